The van der Waals surface area contributed by atoms with Gasteiger partial charge >= 0.3 is 0 Å². The second kappa shape index (κ2) is 9.33. The largest absolute Gasteiger partial charge is 0.491 e. The first-order valence-electron chi connectivity index (χ1n) is 9.34. The number of benzene rings is 1. The molecule has 0 N–H and O–H groups in total. The van der Waals surface area contributed by atoms with Crippen LogP contribution in [0, 0.1) is 5.92 Å². The number of ketones is 1. The zero-order valence-electron chi connectivity index (χ0n) is 15.3. The summed E-state index contributed by atoms with van der Waals surface area (Å²) in [4.78, 5) is 15.6. The zero-order chi connectivity index (χ0) is 17.6. The molecule has 2 aliphatic rings. The summed E-state index contributed by atoms with van der Waals surface area (Å²) >= 11 is 4.13. The Bertz CT molecular complexity index is 571. The van der Waals surface area contributed by atoms with Crippen molar-refractivity contribution in [1.82, 2.24) is 4.90 Å². The lowest BCUT2D eigenvalue weighted by Crippen LogP contribution is -2.46. The summed E-state index contributed by atoms with van der Waals surface area (Å²) in [7, 11) is 0. The minimum atomic E-state index is 0.126. The number of hydrogen-bond donors (Lipinski definition) is 0. The Morgan fingerprint density at radius 1 is 1.24 bits per heavy atom. The van der Waals surface area contributed by atoms with Crippen LogP contribution >= 0.6 is 23.5 Å². The van der Waals surface area contributed by atoms with Gasteiger partial charge in [0.05, 0.1) is 6.10 Å². The molecule has 0 bridgehead atoms. The number of likely N-dealkylation sites (tertiary alicyclic amines) is 1. The summed E-state index contributed by atoms with van der Waals surface area (Å²) in [6, 6.07) is 8.35. The molecule has 3 rings (SSSR count). The van der Waals surface area contributed by atoms with Gasteiger partial charge in [-0.25, -0.2) is 0 Å². The topological polar surface area (TPSA) is 29.5 Å². The smallest absolute Gasteiger partial charge is 0.167 e. The summed E-state index contributed by atoms with van der Waals surface area (Å²) in [6.07, 6.45) is 2.27. The van der Waals surface area contributed by atoms with Crippen molar-refractivity contribution in [2.75, 3.05) is 36.1 Å². The Morgan fingerprint density at radius 2 is 2.00 bits per heavy atom. The van der Waals surface area contributed by atoms with Crippen LogP contribution in [0.15, 0.2) is 24.3 Å². The quantitative estimate of drug-likeness (QED) is 0.715. The lowest BCUT2D eigenvalue weighted by atomic mass is 9.89. The van der Waals surface area contributed by atoms with Gasteiger partial charge < -0.3 is 4.74 Å². The standard InChI is InChI=1S/C20H29NO2S2/c1-15(2)23-19-7-3-5-16(11-19)20(22)17-6-4-8-21(12-17)18-13-24-9-10-25-14-18/h3,5,7,11,15,17-18H,4,6,8-10,12-14H2,1-2H3. The lowest BCUT2D eigenvalue weighted by molar-refractivity contribution is 0.0786. The normalized spacial score (nSPS) is 23.4. The van der Waals surface area contributed by atoms with Gasteiger partial charge in [0.2, 0.25) is 0 Å². The maximum atomic E-state index is 13.0. The van der Waals surface area contributed by atoms with Crippen LogP contribution in [0.2, 0.25) is 0 Å². The lowest BCUT2D eigenvalue weighted by Gasteiger charge is -2.37. The summed E-state index contributed by atoms with van der Waals surface area (Å²) in [5, 5.41) is 0. The van der Waals surface area contributed by atoms with E-state index in [1.54, 1.807) is 0 Å². The van der Waals surface area contributed by atoms with E-state index in [4.69, 9.17) is 4.74 Å². The first kappa shape index (κ1) is 19.1. The second-order valence-electron chi connectivity index (χ2n) is 7.20. The highest BCUT2D eigenvalue weighted by atomic mass is 32.2. The molecule has 0 amide bonds. The van der Waals surface area contributed by atoms with Gasteiger partial charge in [0.15, 0.2) is 5.78 Å². The first-order valence-corrected chi connectivity index (χ1v) is 11.6. The number of carbonyl (C=O) groups is 1. The Morgan fingerprint density at radius 3 is 2.72 bits per heavy atom. The molecule has 1 unspecified atom stereocenters. The molecule has 2 aliphatic heterocycles. The zero-order valence-corrected chi connectivity index (χ0v) is 16.9. The summed E-state index contributed by atoms with van der Waals surface area (Å²) in [5.41, 5.74) is 0.801. The molecule has 0 saturated carbocycles. The van der Waals surface area contributed by atoms with Gasteiger partial charge in [0, 0.05) is 47.1 Å². The fraction of sp³-hybridized carbons (Fsp3) is 0.650. The van der Waals surface area contributed by atoms with Crippen LogP contribution in [-0.2, 0) is 0 Å². The average Bonchev–Trinajstić information content (AvgIpc) is 2.90. The van der Waals surface area contributed by atoms with E-state index in [-0.39, 0.29) is 17.8 Å². The molecule has 5 heteroatoms. The Hall–Kier alpha value is -0.650. The highest BCUT2D eigenvalue weighted by molar-refractivity contribution is 8.03. The van der Waals surface area contributed by atoms with E-state index in [0.717, 1.165) is 37.2 Å². The molecule has 0 aromatic heterocycles. The van der Waals surface area contributed by atoms with Crippen LogP contribution in [-0.4, -0.2) is 58.9 Å². The van der Waals surface area contributed by atoms with Crippen molar-refractivity contribution >= 4 is 29.3 Å². The number of rotatable bonds is 5. The molecule has 1 aromatic carbocycles. The van der Waals surface area contributed by atoms with Crippen molar-refractivity contribution in [1.29, 1.82) is 0 Å². The minimum Gasteiger partial charge on any atom is -0.491 e. The summed E-state index contributed by atoms with van der Waals surface area (Å²) in [5.74, 6) is 6.16. The van der Waals surface area contributed by atoms with Crippen molar-refractivity contribution in [3.05, 3.63) is 29.8 Å². The molecule has 1 aromatic rings. The predicted molar refractivity (Wildman–Crippen MR) is 109 cm³/mol. The fourth-order valence-electron chi connectivity index (χ4n) is 3.60. The molecule has 0 radical (unpaired) electrons. The summed E-state index contributed by atoms with van der Waals surface area (Å²) in [6.45, 7) is 6.08. The van der Waals surface area contributed by atoms with Gasteiger partial charge in [-0.15, -0.1) is 0 Å². The van der Waals surface area contributed by atoms with Gasteiger partial charge in [0.1, 0.15) is 5.75 Å². The van der Waals surface area contributed by atoms with Gasteiger partial charge in [-0.05, 0) is 45.4 Å². The van der Waals surface area contributed by atoms with Crippen LogP contribution in [0.4, 0.5) is 0 Å². The number of piperidine rings is 1. The minimum absolute atomic E-state index is 0.126. The average molecular weight is 380 g/mol. The van der Waals surface area contributed by atoms with Gasteiger partial charge in [-0.3, -0.25) is 9.69 Å². The van der Waals surface area contributed by atoms with Crippen LogP contribution in [0.3, 0.4) is 0 Å². The molecule has 2 heterocycles. The molecule has 2 fully saturated rings. The molecule has 0 aliphatic carbocycles. The molecule has 0 spiro atoms. The fourth-order valence-corrected chi connectivity index (χ4v) is 6.22. The van der Waals surface area contributed by atoms with Gasteiger partial charge in [0.25, 0.3) is 0 Å². The predicted octanol–water partition coefficient (Wildman–Crippen LogP) is 4.22. The molecule has 3 nitrogen and oxygen atoms in total. The van der Waals surface area contributed by atoms with E-state index in [9.17, 15) is 4.79 Å². The molecule has 25 heavy (non-hydrogen) atoms. The Labute approximate surface area is 160 Å². The molecule has 2 saturated heterocycles. The van der Waals surface area contributed by atoms with E-state index in [2.05, 4.69) is 28.4 Å². The first-order chi connectivity index (χ1) is 12.1. The van der Waals surface area contributed by atoms with Crippen molar-refractivity contribution < 1.29 is 9.53 Å². The van der Waals surface area contributed by atoms with E-state index in [1.807, 2.05) is 38.1 Å². The third kappa shape index (κ3) is 5.41. The van der Waals surface area contributed by atoms with E-state index in [0.29, 0.717) is 6.04 Å². The maximum absolute atomic E-state index is 13.0. The molecular formula is C20H29NO2S2. The van der Waals surface area contributed by atoms with Crippen LogP contribution < -0.4 is 4.74 Å². The number of Topliss-reactive ketones (excluding diaryl/α,β-unsaturated/α-hetero) is 1. The Kier molecular flexibility index (Phi) is 7.14. The molecular weight excluding hydrogens is 350 g/mol. The third-order valence-corrected chi connectivity index (χ3v) is 7.31. The van der Waals surface area contributed by atoms with Crippen molar-refractivity contribution in [2.45, 2.75) is 38.8 Å². The highest BCUT2D eigenvalue weighted by Crippen LogP contribution is 2.27. The van der Waals surface area contributed by atoms with Crippen molar-refractivity contribution in [3.63, 3.8) is 0 Å². The van der Waals surface area contributed by atoms with Crippen LogP contribution in [0.5, 0.6) is 5.75 Å². The maximum Gasteiger partial charge on any atom is 0.167 e. The van der Waals surface area contributed by atoms with Gasteiger partial charge in [-0.2, -0.15) is 23.5 Å². The second-order valence-corrected chi connectivity index (χ2v) is 9.50. The highest BCUT2D eigenvalue weighted by Gasteiger charge is 2.30. The van der Waals surface area contributed by atoms with Gasteiger partial charge in [-0.1, -0.05) is 12.1 Å². The summed E-state index contributed by atoms with van der Waals surface area (Å²) < 4.78 is 5.75. The van der Waals surface area contributed by atoms with Crippen molar-refractivity contribution in [2.24, 2.45) is 5.92 Å². The molecule has 1 atom stereocenters. The monoisotopic (exact) mass is 379 g/mol. The third-order valence-electron chi connectivity index (χ3n) is 4.82. The van der Waals surface area contributed by atoms with E-state index < -0.39 is 0 Å². The number of carbonyl (C=O) groups excluding carboxylic acids is 1. The SMILES string of the molecule is CC(C)Oc1cccc(C(=O)C2CCCN(C3CSCCSC3)C2)c1. The number of ether oxygens (including phenoxy) is 1. The van der Waals surface area contributed by atoms with Crippen LogP contribution in [0.25, 0.3) is 0 Å². The molecule has 138 valence electrons. The van der Waals surface area contributed by atoms with Crippen LogP contribution in [0.1, 0.15) is 37.0 Å². The number of thioether (sulfide) groups is 2. The number of hydrogen-bond acceptors (Lipinski definition) is 5. The van der Waals surface area contributed by atoms with E-state index >= 15 is 0 Å². The Balaban J connectivity index is 1.65. The number of nitrogens with zero attached hydrogens (tertiary/aromatic N) is 1. The van der Waals surface area contributed by atoms with E-state index in [1.165, 1.54) is 23.0 Å². The van der Waals surface area contributed by atoms with Crippen molar-refractivity contribution in [3.8, 4) is 5.75 Å².